The van der Waals surface area contributed by atoms with Crippen LogP contribution in [-0.2, 0) is 6.18 Å². The Kier molecular flexibility index (Phi) is 3.85. The van der Waals surface area contributed by atoms with E-state index < -0.39 is 11.7 Å². The first kappa shape index (κ1) is 13.9. The topological polar surface area (TPSA) is 12.0 Å². The van der Waals surface area contributed by atoms with Crippen molar-refractivity contribution in [3.05, 3.63) is 51.7 Å². The van der Waals surface area contributed by atoms with E-state index in [1.54, 1.807) is 11.3 Å². The second-order valence-electron chi connectivity index (χ2n) is 4.39. The Morgan fingerprint density at radius 3 is 2.16 bits per heavy atom. The van der Waals surface area contributed by atoms with Crippen LogP contribution in [0.2, 0.25) is 0 Å². The van der Waals surface area contributed by atoms with Crippen LogP contribution in [0.25, 0.3) is 0 Å². The highest BCUT2D eigenvalue weighted by atomic mass is 32.1. The summed E-state index contributed by atoms with van der Waals surface area (Å²) < 4.78 is 37.3. The highest BCUT2D eigenvalue weighted by Gasteiger charge is 2.29. The van der Waals surface area contributed by atoms with E-state index in [9.17, 15) is 13.2 Å². The number of hydrogen-bond acceptors (Lipinski definition) is 2. The molecule has 0 saturated heterocycles. The van der Waals surface area contributed by atoms with Crippen LogP contribution in [0, 0.1) is 6.92 Å². The van der Waals surface area contributed by atoms with E-state index in [0.717, 1.165) is 17.0 Å². The first-order chi connectivity index (χ1) is 8.86. The molecule has 1 unspecified atom stereocenters. The van der Waals surface area contributed by atoms with Crippen molar-refractivity contribution in [1.29, 1.82) is 0 Å². The minimum Gasteiger partial charge on any atom is -0.378 e. The van der Waals surface area contributed by atoms with Crippen LogP contribution in [0.4, 0.5) is 18.9 Å². The maximum absolute atomic E-state index is 12.4. The smallest absolute Gasteiger partial charge is 0.378 e. The zero-order valence-electron chi connectivity index (χ0n) is 10.6. The number of alkyl halides is 3. The molecular formula is C14H14F3NS. The molecule has 1 heterocycles. The number of anilines is 1. The summed E-state index contributed by atoms with van der Waals surface area (Å²) in [6, 6.07) is 9.24. The minimum absolute atomic E-state index is 0.0791. The highest BCUT2D eigenvalue weighted by molar-refractivity contribution is 7.12. The van der Waals surface area contributed by atoms with Crippen LogP contribution >= 0.6 is 11.3 Å². The van der Waals surface area contributed by atoms with E-state index in [0.29, 0.717) is 5.69 Å². The lowest BCUT2D eigenvalue weighted by molar-refractivity contribution is -0.137. The molecule has 2 aromatic rings. The molecule has 102 valence electrons. The third kappa shape index (κ3) is 3.50. The Morgan fingerprint density at radius 2 is 1.68 bits per heavy atom. The average molecular weight is 285 g/mol. The Hall–Kier alpha value is -1.49. The monoisotopic (exact) mass is 285 g/mol. The summed E-state index contributed by atoms with van der Waals surface area (Å²) in [5.41, 5.74) is 0.0595. The van der Waals surface area contributed by atoms with Gasteiger partial charge in [-0.25, -0.2) is 0 Å². The Bertz CT molecular complexity index is 543. The van der Waals surface area contributed by atoms with Gasteiger partial charge in [-0.05, 0) is 50.2 Å². The fraction of sp³-hybridized carbons (Fsp3) is 0.286. The number of rotatable bonds is 3. The van der Waals surface area contributed by atoms with Crippen LogP contribution in [0.5, 0.6) is 0 Å². The lowest BCUT2D eigenvalue weighted by Gasteiger charge is -2.14. The van der Waals surface area contributed by atoms with Gasteiger partial charge in [0, 0.05) is 15.4 Å². The molecule has 0 radical (unpaired) electrons. The minimum atomic E-state index is -4.28. The van der Waals surface area contributed by atoms with Gasteiger partial charge in [-0.1, -0.05) is 0 Å². The zero-order chi connectivity index (χ0) is 14.0. The molecule has 0 fully saturated rings. The summed E-state index contributed by atoms with van der Waals surface area (Å²) in [6.45, 7) is 4.02. The average Bonchev–Trinajstić information content (AvgIpc) is 2.75. The van der Waals surface area contributed by atoms with Gasteiger partial charge in [-0.3, -0.25) is 0 Å². The van der Waals surface area contributed by atoms with E-state index >= 15 is 0 Å². The van der Waals surface area contributed by atoms with E-state index in [4.69, 9.17) is 0 Å². The number of benzene rings is 1. The number of aryl methyl sites for hydroxylation is 1. The molecule has 2 rings (SSSR count). The van der Waals surface area contributed by atoms with Gasteiger partial charge in [0.05, 0.1) is 11.6 Å². The molecule has 0 aliphatic heterocycles. The van der Waals surface area contributed by atoms with E-state index in [1.165, 1.54) is 17.0 Å². The van der Waals surface area contributed by atoms with Crippen molar-refractivity contribution in [1.82, 2.24) is 0 Å². The molecule has 0 amide bonds. The molecule has 1 N–H and O–H groups in total. The van der Waals surface area contributed by atoms with Crippen molar-refractivity contribution in [2.75, 3.05) is 5.32 Å². The summed E-state index contributed by atoms with van der Waals surface area (Å²) in [7, 11) is 0. The van der Waals surface area contributed by atoms with Gasteiger partial charge in [-0.2, -0.15) is 13.2 Å². The number of halogens is 3. The standard InChI is InChI=1S/C14H14F3NS/c1-9-3-8-13(19-9)10(2)18-12-6-4-11(5-7-12)14(15,16)17/h3-8,10,18H,1-2H3. The lowest BCUT2D eigenvalue weighted by Crippen LogP contribution is -2.07. The number of hydrogen-bond donors (Lipinski definition) is 1. The van der Waals surface area contributed by atoms with Gasteiger partial charge in [0.15, 0.2) is 0 Å². The molecule has 1 aromatic heterocycles. The van der Waals surface area contributed by atoms with Crippen LogP contribution in [-0.4, -0.2) is 0 Å². The van der Waals surface area contributed by atoms with Crippen molar-refractivity contribution in [3.8, 4) is 0 Å². The van der Waals surface area contributed by atoms with Gasteiger partial charge in [0.2, 0.25) is 0 Å². The zero-order valence-corrected chi connectivity index (χ0v) is 11.4. The normalized spacial score (nSPS) is 13.3. The quantitative estimate of drug-likeness (QED) is 0.812. The van der Waals surface area contributed by atoms with Crippen molar-refractivity contribution >= 4 is 17.0 Å². The molecule has 1 atom stereocenters. The fourth-order valence-corrected chi connectivity index (χ4v) is 2.64. The highest BCUT2D eigenvalue weighted by Crippen LogP contribution is 2.31. The molecule has 1 nitrogen and oxygen atoms in total. The molecule has 5 heteroatoms. The molecule has 0 bridgehead atoms. The van der Waals surface area contributed by atoms with E-state index in [2.05, 4.69) is 5.32 Å². The van der Waals surface area contributed by atoms with Crippen molar-refractivity contribution in [3.63, 3.8) is 0 Å². The van der Waals surface area contributed by atoms with Gasteiger partial charge >= 0.3 is 6.18 Å². The maximum Gasteiger partial charge on any atom is 0.416 e. The molecular weight excluding hydrogens is 271 g/mol. The summed E-state index contributed by atoms with van der Waals surface area (Å²) >= 11 is 1.68. The molecule has 19 heavy (non-hydrogen) atoms. The fourth-order valence-electron chi connectivity index (χ4n) is 1.76. The van der Waals surface area contributed by atoms with Crippen LogP contribution in [0.1, 0.15) is 28.3 Å². The van der Waals surface area contributed by atoms with Crippen LogP contribution < -0.4 is 5.32 Å². The van der Waals surface area contributed by atoms with E-state index in [1.807, 2.05) is 26.0 Å². The van der Waals surface area contributed by atoms with Crippen molar-refractivity contribution in [2.45, 2.75) is 26.1 Å². The molecule has 0 spiro atoms. The lowest BCUT2D eigenvalue weighted by atomic mass is 10.2. The maximum atomic E-state index is 12.4. The first-order valence-corrected chi connectivity index (χ1v) is 6.68. The van der Waals surface area contributed by atoms with Gasteiger partial charge in [0.25, 0.3) is 0 Å². The number of thiophene rings is 1. The summed E-state index contributed by atoms with van der Waals surface area (Å²) in [5, 5.41) is 3.19. The summed E-state index contributed by atoms with van der Waals surface area (Å²) in [4.78, 5) is 2.38. The molecule has 0 aliphatic carbocycles. The second kappa shape index (κ2) is 5.25. The van der Waals surface area contributed by atoms with Gasteiger partial charge in [0.1, 0.15) is 0 Å². The summed E-state index contributed by atoms with van der Waals surface area (Å²) in [5.74, 6) is 0. The van der Waals surface area contributed by atoms with Crippen LogP contribution in [0.15, 0.2) is 36.4 Å². The predicted molar refractivity (Wildman–Crippen MR) is 72.5 cm³/mol. The molecule has 1 aromatic carbocycles. The third-order valence-electron chi connectivity index (χ3n) is 2.78. The Balaban J connectivity index is 2.07. The third-order valence-corrected chi connectivity index (χ3v) is 3.97. The molecule has 0 aliphatic rings. The van der Waals surface area contributed by atoms with Gasteiger partial charge < -0.3 is 5.32 Å². The SMILES string of the molecule is Cc1ccc(C(C)Nc2ccc(C(F)(F)F)cc2)s1. The summed E-state index contributed by atoms with van der Waals surface area (Å²) in [6.07, 6.45) is -4.28. The van der Waals surface area contributed by atoms with Crippen molar-refractivity contribution in [2.24, 2.45) is 0 Å². The first-order valence-electron chi connectivity index (χ1n) is 5.86. The van der Waals surface area contributed by atoms with Crippen LogP contribution in [0.3, 0.4) is 0 Å². The van der Waals surface area contributed by atoms with E-state index in [-0.39, 0.29) is 6.04 Å². The largest absolute Gasteiger partial charge is 0.416 e. The van der Waals surface area contributed by atoms with Crippen molar-refractivity contribution < 1.29 is 13.2 Å². The Morgan fingerprint density at radius 1 is 1.05 bits per heavy atom. The Labute approximate surface area is 114 Å². The van der Waals surface area contributed by atoms with Gasteiger partial charge in [-0.15, -0.1) is 11.3 Å². The predicted octanol–water partition coefficient (Wildman–Crippen LogP) is 5.25. The number of nitrogens with one attached hydrogen (secondary N) is 1. The molecule has 0 saturated carbocycles. The second-order valence-corrected chi connectivity index (χ2v) is 5.71.